The molecule has 39 heavy (non-hydrogen) atoms. The molecule has 2 aliphatic heterocycles. The molecule has 0 N–H and O–H groups in total. The number of benzene rings is 4. The number of thioether (sulfide) groups is 2. The van der Waals surface area contributed by atoms with Crippen molar-refractivity contribution < 1.29 is 9.59 Å². The van der Waals surface area contributed by atoms with Crippen molar-refractivity contribution in [2.24, 2.45) is 5.10 Å². The summed E-state index contributed by atoms with van der Waals surface area (Å²) >= 11 is 2.72. The molecule has 4 aromatic carbocycles. The highest BCUT2D eigenvalue weighted by Crippen LogP contribution is 2.59. The molecule has 1 saturated heterocycles. The van der Waals surface area contributed by atoms with Crippen LogP contribution in [0.3, 0.4) is 0 Å². The maximum absolute atomic E-state index is 14.2. The highest BCUT2D eigenvalue weighted by molar-refractivity contribution is 8.29. The third kappa shape index (κ3) is 4.68. The highest BCUT2D eigenvalue weighted by Gasteiger charge is 2.60. The van der Waals surface area contributed by atoms with Crippen LogP contribution in [0, 0.1) is 13.8 Å². The summed E-state index contributed by atoms with van der Waals surface area (Å²) in [6.45, 7) is 4.06. The fourth-order valence-corrected chi connectivity index (χ4v) is 7.44. The Balaban J connectivity index is 1.51. The van der Waals surface area contributed by atoms with E-state index in [1.807, 2.05) is 122 Å². The van der Waals surface area contributed by atoms with Crippen LogP contribution in [-0.2, 0) is 4.79 Å². The van der Waals surface area contributed by atoms with Gasteiger partial charge in [-0.15, -0.1) is 0 Å². The maximum Gasteiger partial charge on any atom is 0.268 e. The van der Waals surface area contributed by atoms with Gasteiger partial charge in [-0.2, -0.15) is 5.10 Å². The Bertz CT molecular complexity index is 1600. The summed E-state index contributed by atoms with van der Waals surface area (Å²) in [5.74, 6) is -0.313. The number of amides is 1. The molecule has 0 saturated carbocycles. The van der Waals surface area contributed by atoms with Gasteiger partial charge in [0.15, 0.2) is 5.04 Å². The number of hydrogen-bond donors (Lipinski definition) is 0. The normalized spacial score (nSPS) is 19.7. The molecule has 6 rings (SSSR count). The molecular weight excluding hydrogens is 523 g/mol. The third-order valence-corrected chi connectivity index (χ3v) is 9.24. The van der Waals surface area contributed by atoms with E-state index < -0.39 is 4.33 Å². The Morgan fingerprint density at radius 2 is 1.33 bits per heavy atom. The summed E-state index contributed by atoms with van der Waals surface area (Å²) in [7, 11) is 0. The van der Waals surface area contributed by atoms with Crippen molar-refractivity contribution in [2.45, 2.75) is 18.2 Å². The van der Waals surface area contributed by atoms with Gasteiger partial charge in [-0.05, 0) is 61.5 Å². The minimum absolute atomic E-state index is 0.139. The molecule has 0 unspecified atom stereocenters. The Kier molecular flexibility index (Phi) is 6.62. The average molecular weight is 548 g/mol. The first-order chi connectivity index (χ1) is 18.9. The first-order valence-electron chi connectivity index (χ1n) is 12.6. The molecule has 5 nitrogen and oxygen atoms in total. The number of rotatable bonds is 5. The Morgan fingerprint density at radius 1 is 0.744 bits per heavy atom. The van der Waals surface area contributed by atoms with E-state index in [9.17, 15) is 9.59 Å². The number of ketones is 1. The number of hydrogen-bond acceptors (Lipinski definition) is 6. The molecule has 0 radical (unpaired) electrons. The van der Waals surface area contributed by atoms with Crippen LogP contribution >= 0.6 is 23.5 Å². The second kappa shape index (κ2) is 10.2. The minimum Gasteiger partial charge on any atom is -0.286 e. The summed E-state index contributed by atoms with van der Waals surface area (Å²) in [5.41, 5.74) is 5.28. The standard InChI is InChI=1S/C32H25N3O2S2/c1-22-13-17-24(18-14-22)21-28-31(37)34(26-11-7-4-8-12-26)32(38-28)35(27-19-15-23(2)16-20-27)33-30(39-32)29(36)25-9-5-3-6-10-25/h3-21H,1-2H3/b28-21-/t32-/m0/s1. The van der Waals surface area contributed by atoms with E-state index in [4.69, 9.17) is 5.10 Å². The van der Waals surface area contributed by atoms with Gasteiger partial charge in [0.2, 0.25) is 10.1 Å². The van der Waals surface area contributed by atoms with Gasteiger partial charge < -0.3 is 0 Å². The zero-order valence-corrected chi connectivity index (χ0v) is 23.1. The fourth-order valence-electron chi connectivity index (χ4n) is 4.49. The van der Waals surface area contributed by atoms with Crippen molar-refractivity contribution in [1.82, 2.24) is 0 Å². The van der Waals surface area contributed by atoms with Crippen LogP contribution in [0.1, 0.15) is 27.0 Å². The lowest BCUT2D eigenvalue weighted by Gasteiger charge is -2.38. The molecule has 0 aliphatic carbocycles. The van der Waals surface area contributed by atoms with Crippen LogP contribution in [0.4, 0.5) is 11.4 Å². The van der Waals surface area contributed by atoms with E-state index in [2.05, 4.69) is 0 Å². The van der Waals surface area contributed by atoms with Gasteiger partial charge in [0, 0.05) is 11.3 Å². The second-order valence-electron chi connectivity index (χ2n) is 9.40. The molecule has 1 atom stereocenters. The van der Waals surface area contributed by atoms with Crippen LogP contribution in [0.25, 0.3) is 6.08 Å². The molecule has 4 aromatic rings. The van der Waals surface area contributed by atoms with E-state index in [1.54, 1.807) is 17.0 Å². The van der Waals surface area contributed by atoms with Gasteiger partial charge >= 0.3 is 0 Å². The van der Waals surface area contributed by atoms with Crippen LogP contribution < -0.4 is 9.91 Å². The van der Waals surface area contributed by atoms with Crippen LogP contribution in [0.15, 0.2) is 119 Å². The van der Waals surface area contributed by atoms with Crippen LogP contribution in [0.2, 0.25) is 0 Å². The van der Waals surface area contributed by atoms with Crippen molar-refractivity contribution in [3.63, 3.8) is 0 Å². The van der Waals surface area contributed by atoms with E-state index in [1.165, 1.54) is 23.5 Å². The van der Waals surface area contributed by atoms with E-state index in [-0.39, 0.29) is 11.7 Å². The number of Topliss-reactive ketones (excluding diaryl/α,β-unsaturated/α-hetero) is 1. The second-order valence-corrected chi connectivity index (χ2v) is 12.0. The van der Waals surface area contributed by atoms with E-state index in [0.717, 1.165) is 28.1 Å². The first-order valence-corrected chi connectivity index (χ1v) is 14.2. The van der Waals surface area contributed by atoms with Gasteiger partial charge in [0.05, 0.1) is 10.6 Å². The number of para-hydroxylation sites is 1. The number of carbonyl (C=O) groups excluding carboxylic acids is 2. The molecule has 7 heteroatoms. The molecule has 0 bridgehead atoms. The van der Waals surface area contributed by atoms with Gasteiger partial charge in [0.1, 0.15) is 0 Å². The van der Waals surface area contributed by atoms with Crippen LogP contribution in [-0.4, -0.2) is 21.1 Å². The zero-order valence-electron chi connectivity index (χ0n) is 21.4. The van der Waals surface area contributed by atoms with Gasteiger partial charge in [-0.25, -0.2) is 5.01 Å². The number of aryl methyl sites for hydroxylation is 2. The van der Waals surface area contributed by atoms with Crippen molar-refractivity contribution in [3.05, 3.63) is 136 Å². The summed E-state index contributed by atoms with van der Waals surface area (Å²) in [5, 5.41) is 7.04. The lowest BCUT2D eigenvalue weighted by Crippen LogP contribution is -2.51. The molecule has 1 fully saturated rings. The first kappa shape index (κ1) is 25.2. The Hall–Kier alpha value is -4.07. The average Bonchev–Trinajstić information content (AvgIpc) is 3.47. The molecule has 1 amide bonds. The minimum atomic E-state index is -1.07. The summed E-state index contributed by atoms with van der Waals surface area (Å²) in [4.78, 5) is 30.2. The molecule has 2 aliphatic rings. The van der Waals surface area contributed by atoms with Crippen molar-refractivity contribution >= 4 is 57.7 Å². The largest absolute Gasteiger partial charge is 0.286 e. The predicted molar refractivity (Wildman–Crippen MR) is 163 cm³/mol. The smallest absolute Gasteiger partial charge is 0.268 e. The molecule has 1 spiro atoms. The number of hydrazone groups is 1. The summed E-state index contributed by atoms with van der Waals surface area (Å²) < 4.78 is -1.07. The quantitative estimate of drug-likeness (QED) is 0.191. The number of anilines is 2. The zero-order chi connectivity index (χ0) is 27.0. The van der Waals surface area contributed by atoms with Gasteiger partial charge in [-0.3, -0.25) is 14.5 Å². The highest BCUT2D eigenvalue weighted by atomic mass is 32.2. The van der Waals surface area contributed by atoms with Crippen molar-refractivity contribution in [3.8, 4) is 0 Å². The molecule has 192 valence electrons. The predicted octanol–water partition coefficient (Wildman–Crippen LogP) is 7.49. The Morgan fingerprint density at radius 3 is 1.97 bits per heavy atom. The Labute approximate surface area is 236 Å². The number of nitrogens with zero attached hydrogens (tertiary/aromatic N) is 3. The molecule has 2 heterocycles. The lowest BCUT2D eigenvalue weighted by molar-refractivity contribution is -0.114. The van der Waals surface area contributed by atoms with Crippen molar-refractivity contribution in [2.75, 3.05) is 9.91 Å². The van der Waals surface area contributed by atoms with Gasteiger partial charge in [-0.1, -0.05) is 108 Å². The topological polar surface area (TPSA) is 53.0 Å². The molecular formula is C32H25N3O2S2. The maximum atomic E-state index is 14.2. The van der Waals surface area contributed by atoms with E-state index >= 15 is 0 Å². The summed E-state index contributed by atoms with van der Waals surface area (Å²) in [6, 6.07) is 34.8. The van der Waals surface area contributed by atoms with Crippen molar-refractivity contribution in [1.29, 1.82) is 0 Å². The third-order valence-electron chi connectivity index (χ3n) is 6.53. The number of carbonyl (C=O) groups is 2. The monoisotopic (exact) mass is 547 g/mol. The van der Waals surface area contributed by atoms with Gasteiger partial charge in [0.25, 0.3) is 5.91 Å². The van der Waals surface area contributed by atoms with Crippen LogP contribution in [0.5, 0.6) is 0 Å². The lowest BCUT2D eigenvalue weighted by atomic mass is 10.1. The summed E-state index contributed by atoms with van der Waals surface area (Å²) in [6.07, 6.45) is 1.92. The fraction of sp³-hybridized carbons (Fsp3) is 0.0938. The SMILES string of the molecule is Cc1ccc(/C=C2\S[C@]3(SC(C(=O)c4ccccc4)=NN3c3ccc(C)cc3)N(c3ccccc3)C2=O)cc1. The van der Waals surface area contributed by atoms with E-state index in [0.29, 0.717) is 15.5 Å². The molecule has 0 aromatic heterocycles.